The molecule has 5 nitrogen and oxygen atoms in total. The molecule has 1 aromatic carbocycles. The van der Waals surface area contributed by atoms with E-state index in [1.54, 1.807) is 6.33 Å². The van der Waals surface area contributed by atoms with Gasteiger partial charge in [-0.25, -0.2) is 9.97 Å². The van der Waals surface area contributed by atoms with Gasteiger partial charge in [0.25, 0.3) is 0 Å². The van der Waals surface area contributed by atoms with Crippen LogP contribution in [0.3, 0.4) is 0 Å². The molecule has 0 unspecified atom stereocenters. The number of hydrogen-bond acceptors (Lipinski definition) is 5. The molecule has 0 aliphatic carbocycles. The summed E-state index contributed by atoms with van der Waals surface area (Å²) in [5, 5.41) is 14.8. The van der Waals surface area contributed by atoms with Gasteiger partial charge in [0.15, 0.2) is 0 Å². The average molecular weight is 328 g/mol. The molecule has 5 heteroatoms. The topological polar surface area (TPSA) is 77.9 Å². The summed E-state index contributed by atoms with van der Waals surface area (Å²) in [5.41, 5.74) is 0.966. The van der Waals surface area contributed by atoms with Crippen molar-refractivity contribution < 1.29 is 9.90 Å². The molecule has 0 fully saturated rings. The van der Waals surface area contributed by atoms with Gasteiger partial charge in [-0.2, -0.15) is 0 Å². The molecule has 1 N–H and O–H groups in total. The van der Waals surface area contributed by atoms with Crippen LogP contribution in [-0.2, 0) is 4.79 Å². The fraction of sp³-hybridized carbons (Fsp3) is 0.526. The Morgan fingerprint density at radius 3 is 2.33 bits per heavy atom. The first-order valence-corrected chi connectivity index (χ1v) is 8.91. The number of anilines is 1. The van der Waals surface area contributed by atoms with Crippen LogP contribution in [-0.4, -0.2) is 22.5 Å². The van der Waals surface area contributed by atoms with E-state index >= 15 is 0 Å². The molecule has 0 spiro atoms. The molecule has 1 aromatic heterocycles. The lowest BCUT2D eigenvalue weighted by Crippen LogP contribution is -2.21. The lowest BCUT2D eigenvalue weighted by Gasteiger charge is -2.08. The average Bonchev–Trinajstić information content (AvgIpc) is 2.59. The van der Waals surface area contributed by atoms with E-state index in [2.05, 4.69) is 15.3 Å². The molecule has 2 rings (SSSR count). The number of nitrogens with one attached hydrogen (secondary N) is 1. The highest BCUT2D eigenvalue weighted by atomic mass is 16.4. The summed E-state index contributed by atoms with van der Waals surface area (Å²) < 4.78 is 0. The molecule has 0 saturated heterocycles. The van der Waals surface area contributed by atoms with Gasteiger partial charge >= 0.3 is 0 Å². The summed E-state index contributed by atoms with van der Waals surface area (Å²) in [6, 6.07) is 8.02. The molecular weight excluding hydrogens is 302 g/mol. The minimum Gasteiger partial charge on any atom is -0.550 e. The van der Waals surface area contributed by atoms with Crippen LogP contribution >= 0.6 is 0 Å². The lowest BCUT2D eigenvalue weighted by molar-refractivity contribution is -0.305. The second-order valence-corrected chi connectivity index (χ2v) is 6.12. The van der Waals surface area contributed by atoms with Crippen LogP contribution in [0.4, 0.5) is 5.82 Å². The zero-order valence-electron chi connectivity index (χ0n) is 14.2. The van der Waals surface area contributed by atoms with E-state index in [9.17, 15) is 9.90 Å². The van der Waals surface area contributed by atoms with Gasteiger partial charge in [-0.15, -0.1) is 0 Å². The molecule has 0 aliphatic heterocycles. The number of carboxylic acids is 1. The Hall–Kier alpha value is -2.17. The second-order valence-electron chi connectivity index (χ2n) is 6.12. The standard InChI is InChI=1S/C19H27N3O2/c23-18(24)13-7-5-3-1-2-4-6-10-14-20-19-16-11-8-9-12-17(16)21-15-22-19/h8-9,11-12,15H,1-7,10,13-14H2,(H,23,24)(H,20,21,22)/p-1. The number of rotatable bonds is 12. The Morgan fingerprint density at radius 1 is 0.917 bits per heavy atom. The van der Waals surface area contributed by atoms with Crippen LogP contribution in [0.2, 0.25) is 0 Å². The minimum absolute atomic E-state index is 0.198. The Kier molecular flexibility index (Phi) is 8.01. The summed E-state index contributed by atoms with van der Waals surface area (Å²) in [6.45, 7) is 0.923. The molecule has 1 heterocycles. The summed E-state index contributed by atoms with van der Waals surface area (Å²) in [7, 11) is 0. The number of aliphatic carboxylic acids is 1. The SMILES string of the molecule is O=C([O-])CCCCCCCCCCNc1ncnc2ccccc12. The van der Waals surface area contributed by atoms with Gasteiger partial charge < -0.3 is 15.2 Å². The molecule has 130 valence electrons. The van der Waals surface area contributed by atoms with E-state index < -0.39 is 5.97 Å². The van der Waals surface area contributed by atoms with Crippen LogP contribution in [0.5, 0.6) is 0 Å². The fourth-order valence-corrected chi connectivity index (χ4v) is 2.81. The predicted molar refractivity (Wildman–Crippen MR) is 94.6 cm³/mol. The molecule has 0 amide bonds. The zero-order valence-corrected chi connectivity index (χ0v) is 14.2. The number of hydrogen-bond donors (Lipinski definition) is 1. The van der Waals surface area contributed by atoms with Gasteiger partial charge in [0, 0.05) is 17.9 Å². The van der Waals surface area contributed by atoms with E-state index in [1.165, 1.54) is 25.7 Å². The number of carboxylic acid groups (broad SMARTS) is 1. The Morgan fingerprint density at radius 2 is 1.58 bits per heavy atom. The molecule has 2 aromatic rings. The minimum atomic E-state index is -0.932. The Labute approximate surface area is 143 Å². The van der Waals surface area contributed by atoms with Crippen LogP contribution < -0.4 is 10.4 Å². The summed E-state index contributed by atoms with van der Waals surface area (Å²) >= 11 is 0. The normalized spacial score (nSPS) is 10.8. The van der Waals surface area contributed by atoms with Crippen molar-refractivity contribution >= 4 is 22.7 Å². The van der Waals surface area contributed by atoms with Crippen molar-refractivity contribution in [2.24, 2.45) is 0 Å². The van der Waals surface area contributed by atoms with Crippen molar-refractivity contribution in [3.63, 3.8) is 0 Å². The van der Waals surface area contributed by atoms with Crippen molar-refractivity contribution in [1.82, 2.24) is 9.97 Å². The van der Waals surface area contributed by atoms with Crippen molar-refractivity contribution in [3.05, 3.63) is 30.6 Å². The molecule has 0 saturated carbocycles. The van der Waals surface area contributed by atoms with Gasteiger partial charge in [0.2, 0.25) is 0 Å². The van der Waals surface area contributed by atoms with Crippen LogP contribution in [0, 0.1) is 0 Å². The Bertz CT molecular complexity index is 626. The highest BCUT2D eigenvalue weighted by Crippen LogP contribution is 2.18. The number of carbonyl (C=O) groups is 1. The largest absolute Gasteiger partial charge is 0.550 e. The third kappa shape index (κ3) is 6.52. The van der Waals surface area contributed by atoms with Crippen molar-refractivity contribution in [2.75, 3.05) is 11.9 Å². The number of aromatic nitrogens is 2. The monoisotopic (exact) mass is 328 g/mol. The lowest BCUT2D eigenvalue weighted by atomic mass is 10.1. The molecule has 0 bridgehead atoms. The van der Waals surface area contributed by atoms with Crippen molar-refractivity contribution in [2.45, 2.75) is 57.8 Å². The fourth-order valence-electron chi connectivity index (χ4n) is 2.81. The van der Waals surface area contributed by atoms with Gasteiger partial charge in [-0.3, -0.25) is 0 Å². The predicted octanol–water partition coefficient (Wildman–Crippen LogP) is 3.30. The van der Waals surface area contributed by atoms with Gasteiger partial charge in [0.1, 0.15) is 12.1 Å². The third-order valence-electron chi connectivity index (χ3n) is 4.14. The Balaban J connectivity index is 1.52. The third-order valence-corrected chi connectivity index (χ3v) is 4.14. The van der Waals surface area contributed by atoms with E-state index in [0.717, 1.165) is 48.9 Å². The first-order chi connectivity index (χ1) is 11.8. The van der Waals surface area contributed by atoms with Crippen LogP contribution in [0.1, 0.15) is 57.8 Å². The van der Waals surface area contributed by atoms with Gasteiger partial charge in [-0.1, -0.05) is 50.7 Å². The van der Waals surface area contributed by atoms with E-state index in [0.29, 0.717) is 0 Å². The molecule has 0 aliphatic rings. The number of fused-ring (bicyclic) bond motifs is 1. The molecule has 0 radical (unpaired) electrons. The quantitative estimate of drug-likeness (QED) is 0.605. The van der Waals surface area contributed by atoms with E-state index in [1.807, 2.05) is 24.3 Å². The molecular formula is C19H26N3O2-. The van der Waals surface area contributed by atoms with Gasteiger partial charge in [0.05, 0.1) is 5.52 Å². The van der Waals surface area contributed by atoms with Crippen LogP contribution in [0.15, 0.2) is 30.6 Å². The maximum absolute atomic E-state index is 10.3. The molecule has 24 heavy (non-hydrogen) atoms. The van der Waals surface area contributed by atoms with Gasteiger partial charge in [-0.05, 0) is 31.4 Å². The number of para-hydroxylation sites is 1. The maximum atomic E-state index is 10.3. The summed E-state index contributed by atoms with van der Waals surface area (Å²) in [5.74, 6) is -0.0208. The number of benzene rings is 1. The smallest absolute Gasteiger partial charge is 0.137 e. The number of nitrogens with zero attached hydrogens (tertiary/aromatic N) is 2. The van der Waals surface area contributed by atoms with Crippen molar-refractivity contribution in [1.29, 1.82) is 0 Å². The highest BCUT2D eigenvalue weighted by Gasteiger charge is 2.01. The summed E-state index contributed by atoms with van der Waals surface area (Å²) in [4.78, 5) is 18.9. The maximum Gasteiger partial charge on any atom is 0.137 e. The molecule has 0 atom stereocenters. The van der Waals surface area contributed by atoms with E-state index in [4.69, 9.17) is 0 Å². The zero-order chi connectivity index (χ0) is 17.0. The van der Waals surface area contributed by atoms with Crippen LogP contribution in [0.25, 0.3) is 10.9 Å². The first-order valence-electron chi connectivity index (χ1n) is 8.91. The number of unbranched alkanes of at least 4 members (excludes halogenated alkanes) is 7. The number of carbonyl (C=O) groups excluding carboxylic acids is 1. The first kappa shape index (κ1) is 18.2. The van der Waals surface area contributed by atoms with Crippen molar-refractivity contribution in [3.8, 4) is 0 Å². The highest BCUT2D eigenvalue weighted by molar-refractivity contribution is 5.88. The summed E-state index contributed by atoms with van der Waals surface area (Å²) in [6.07, 6.45) is 10.6. The second kappa shape index (κ2) is 10.6. The van der Waals surface area contributed by atoms with E-state index in [-0.39, 0.29) is 6.42 Å².